The van der Waals surface area contributed by atoms with Gasteiger partial charge in [0, 0.05) is 11.6 Å². The molecule has 0 saturated heterocycles. The van der Waals surface area contributed by atoms with Crippen LogP contribution in [0.1, 0.15) is 33.0 Å². The van der Waals surface area contributed by atoms with Gasteiger partial charge in [-0.25, -0.2) is 9.59 Å². The first-order chi connectivity index (χ1) is 16.5. The zero-order chi connectivity index (χ0) is 23.7. The Bertz CT molecular complexity index is 1350. The summed E-state index contributed by atoms with van der Waals surface area (Å²) in [5.41, 5.74) is 8.36. The van der Waals surface area contributed by atoms with E-state index in [9.17, 15) is 9.59 Å². The highest BCUT2D eigenvalue weighted by atomic mass is 16.5. The predicted octanol–water partition coefficient (Wildman–Crippen LogP) is 6.72. The summed E-state index contributed by atoms with van der Waals surface area (Å²) in [5, 5.41) is 11.9. The topological polar surface area (TPSA) is 75.6 Å². The smallest absolute Gasteiger partial charge is 0.411 e. The molecule has 0 aliphatic heterocycles. The van der Waals surface area contributed by atoms with Gasteiger partial charge in [-0.3, -0.25) is 5.32 Å². The molecule has 1 amide bonds. The number of carboxylic acids is 1. The van der Waals surface area contributed by atoms with Gasteiger partial charge < -0.3 is 9.84 Å². The molecule has 0 heterocycles. The number of aryl methyl sites for hydroxylation is 1. The van der Waals surface area contributed by atoms with Gasteiger partial charge in [-0.15, -0.1) is 0 Å². The Morgan fingerprint density at radius 1 is 0.824 bits per heavy atom. The second kappa shape index (κ2) is 8.87. The number of carbonyl (C=O) groups is 2. The highest BCUT2D eigenvalue weighted by molar-refractivity contribution is 5.89. The van der Waals surface area contributed by atoms with E-state index in [4.69, 9.17) is 9.84 Å². The molecule has 4 aromatic rings. The first-order valence-electron chi connectivity index (χ1n) is 11.1. The van der Waals surface area contributed by atoms with Crippen molar-refractivity contribution in [1.82, 2.24) is 0 Å². The van der Waals surface area contributed by atoms with Crippen molar-refractivity contribution in [3.05, 3.63) is 113 Å². The molecule has 0 radical (unpaired) electrons. The van der Waals surface area contributed by atoms with E-state index in [2.05, 4.69) is 29.6 Å². The molecule has 0 saturated carbocycles. The summed E-state index contributed by atoms with van der Waals surface area (Å²) < 4.78 is 5.64. The monoisotopic (exact) mass is 449 g/mol. The molecule has 5 heteroatoms. The van der Waals surface area contributed by atoms with E-state index in [0.29, 0.717) is 5.69 Å². The van der Waals surface area contributed by atoms with Crippen molar-refractivity contribution in [2.75, 3.05) is 11.9 Å². The number of hydrogen-bond donors (Lipinski definition) is 2. The van der Waals surface area contributed by atoms with Crippen molar-refractivity contribution >= 4 is 17.7 Å². The van der Waals surface area contributed by atoms with Crippen LogP contribution in [0.4, 0.5) is 10.5 Å². The van der Waals surface area contributed by atoms with Crippen LogP contribution in [0.25, 0.3) is 22.3 Å². The second-order valence-electron chi connectivity index (χ2n) is 8.36. The molecule has 2 N–H and O–H groups in total. The van der Waals surface area contributed by atoms with Crippen molar-refractivity contribution in [1.29, 1.82) is 0 Å². The van der Waals surface area contributed by atoms with Crippen LogP contribution >= 0.6 is 0 Å². The quantitative estimate of drug-likeness (QED) is 0.355. The number of carboxylic acid groups (broad SMARTS) is 1. The molecule has 5 nitrogen and oxygen atoms in total. The Hall–Kier alpha value is -4.38. The molecule has 5 rings (SSSR count). The number of benzene rings is 4. The van der Waals surface area contributed by atoms with E-state index in [1.54, 1.807) is 24.3 Å². The molecular formula is C29H23NO4. The number of hydrogen-bond acceptors (Lipinski definition) is 3. The van der Waals surface area contributed by atoms with E-state index >= 15 is 0 Å². The third-order valence-corrected chi connectivity index (χ3v) is 6.27. The normalized spacial score (nSPS) is 12.0. The fourth-order valence-electron chi connectivity index (χ4n) is 4.53. The highest BCUT2D eigenvalue weighted by Gasteiger charge is 2.29. The van der Waals surface area contributed by atoms with Crippen molar-refractivity contribution in [3.63, 3.8) is 0 Å². The number of fused-ring (bicyclic) bond motifs is 3. The standard InChI is InChI=1S/C29H23NO4/c1-18-16-21(19-10-12-20(13-11-19)28(31)32)14-15-27(18)30-29(33)34-17-26-24-8-4-2-6-22(24)23-7-3-5-9-25(23)26/h2-16,26H,17H2,1H3,(H,30,33)(H,31,32). The van der Waals surface area contributed by atoms with Crippen LogP contribution in [0.2, 0.25) is 0 Å². The lowest BCUT2D eigenvalue weighted by molar-refractivity contribution is 0.0697. The van der Waals surface area contributed by atoms with Crippen LogP contribution in [0, 0.1) is 6.92 Å². The van der Waals surface area contributed by atoms with Gasteiger partial charge in [0.05, 0.1) is 5.56 Å². The molecular weight excluding hydrogens is 426 g/mol. The number of amides is 1. The molecule has 0 fully saturated rings. The molecule has 1 aliphatic carbocycles. The number of ether oxygens (including phenoxy) is 1. The average Bonchev–Trinajstić information content (AvgIpc) is 3.18. The maximum Gasteiger partial charge on any atom is 0.411 e. The van der Waals surface area contributed by atoms with Crippen molar-refractivity contribution in [2.45, 2.75) is 12.8 Å². The Morgan fingerprint density at radius 3 is 2.00 bits per heavy atom. The third-order valence-electron chi connectivity index (χ3n) is 6.27. The summed E-state index contributed by atoms with van der Waals surface area (Å²) in [4.78, 5) is 23.7. The molecule has 4 aromatic carbocycles. The molecule has 0 aromatic heterocycles. The van der Waals surface area contributed by atoms with Gasteiger partial charge in [-0.1, -0.05) is 66.7 Å². The molecule has 0 bridgehead atoms. The zero-order valence-electron chi connectivity index (χ0n) is 18.6. The summed E-state index contributed by atoms with van der Waals surface area (Å²) in [6, 6.07) is 28.9. The fourth-order valence-corrected chi connectivity index (χ4v) is 4.53. The Morgan fingerprint density at radius 2 is 1.41 bits per heavy atom. The average molecular weight is 450 g/mol. The minimum Gasteiger partial charge on any atom is -0.478 e. The zero-order valence-corrected chi connectivity index (χ0v) is 18.6. The lowest BCUT2D eigenvalue weighted by Gasteiger charge is -2.15. The molecule has 168 valence electrons. The lowest BCUT2D eigenvalue weighted by Crippen LogP contribution is -2.18. The fraction of sp³-hybridized carbons (Fsp3) is 0.103. The molecule has 0 atom stereocenters. The van der Waals surface area contributed by atoms with E-state index in [0.717, 1.165) is 16.7 Å². The summed E-state index contributed by atoms with van der Waals surface area (Å²) in [7, 11) is 0. The number of aromatic carboxylic acids is 1. The van der Waals surface area contributed by atoms with Crippen LogP contribution in [-0.4, -0.2) is 23.8 Å². The SMILES string of the molecule is Cc1cc(-c2ccc(C(=O)O)cc2)ccc1NC(=O)OCC1c2ccccc2-c2ccccc21. The summed E-state index contributed by atoms with van der Waals surface area (Å²) in [6.07, 6.45) is -0.497. The maximum absolute atomic E-state index is 12.6. The third kappa shape index (κ3) is 4.04. The van der Waals surface area contributed by atoms with Gasteiger partial charge in [0.25, 0.3) is 0 Å². The first kappa shape index (κ1) is 21.5. The van der Waals surface area contributed by atoms with Crippen molar-refractivity contribution in [3.8, 4) is 22.3 Å². The van der Waals surface area contributed by atoms with Gasteiger partial charge in [0.1, 0.15) is 6.61 Å². The minimum atomic E-state index is -0.953. The Balaban J connectivity index is 1.27. The number of rotatable bonds is 5. The maximum atomic E-state index is 12.6. The number of anilines is 1. The number of carbonyl (C=O) groups excluding carboxylic acids is 1. The van der Waals surface area contributed by atoms with Gasteiger partial charge >= 0.3 is 12.1 Å². The van der Waals surface area contributed by atoms with E-state index in [1.165, 1.54) is 22.3 Å². The van der Waals surface area contributed by atoms with Crippen molar-refractivity contribution in [2.24, 2.45) is 0 Å². The largest absolute Gasteiger partial charge is 0.478 e. The van der Waals surface area contributed by atoms with Crippen LogP contribution in [0.3, 0.4) is 0 Å². The lowest BCUT2D eigenvalue weighted by atomic mass is 9.98. The van der Waals surface area contributed by atoms with Crippen LogP contribution in [0.15, 0.2) is 91.0 Å². The first-order valence-corrected chi connectivity index (χ1v) is 11.1. The second-order valence-corrected chi connectivity index (χ2v) is 8.36. The van der Waals surface area contributed by atoms with Crippen molar-refractivity contribution < 1.29 is 19.4 Å². The van der Waals surface area contributed by atoms with Gasteiger partial charge in [-0.2, -0.15) is 0 Å². The predicted molar refractivity (Wildman–Crippen MR) is 132 cm³/mol. The van der Waals surface area contributed by atoms with Crippen LogP contribution in [-0.2, 0) is 4.74 Å². The van der Waals surface area contributed by atoms with E-state index < -0.39 is 12.1 Å². The highest BCUT2D eigenvalue weighted by Crippen LogP contribution is 2.44. The summed E-state index contributed by atoms with van der Waals surface area (Å²) in [5.74, 6) is -0.944. The molecule has 0 spiro atoms. The van der Waals surface area contributed by atoms with Gasteiger partial charge in [0.2, 0.25) is 0 Å². The van der Waals surface area contributed by atoms with Gasteiger partial charge in [-0.05, 0) is 70.1 Å². The summed E-state index contributed by atoms with van der Waals surface area (Å²) >= 11 is 0. The van der Waals surface area contributed by atoms with Crippen LogP contribution in [0.5, 0.6) is 0 Å². The Labute approximate surface area is 197 Å². The van der Waals surface area contributed by atoms with E-state index in [-0.39, 0.29) is 18.1 Å². The van der Waals surface area contributed by atoms with Crippen LogP contribution < -0.4 is 5.32 Å². The van der Waals surface area contributed by atoms with E-state index in [1.807, 2.05) is 49.4 Å². The molecule has 34 heavy (non-hydrogen) atoms. The number of nitrogens with one attached hydrogen (secondary N) is 1. The minimum absolute atomic E-state index is 0.00963. The Kier molecular flexibility index (Phi) is 5.60. The summed E-state index contributed by atoms with van der Waals surface area (Å²) in [6.45, 7) is 2.17. The molecule has 0 unspecified atom stereocenters. The molecule has 1 aliphatic rings. The van der Waals surface area contributed by atoms with Gasteiger partial charge in [0.15, 0.2) is 0 Å².